The molecule has 0 aliphatic carbocycles. The van der Waals surface area contributed by atoms with Gasteiger partial charge in [0.1, 0.15) is 11.8 Å². The van der Waals surface area contributed by atoms with Crippen LogP contribution >= 0.6 is 0 Å². The third kappa shape index (κ3) is 2.96. The van der Waals surface area contributed by atoms with Crippen LogP contribution in [-0.2, 0) is 4.74 Å². The summed E-state index contributed by atoms with van der Waals surface area (Å²) in [6.07, 6.45) is 0.760. The molecule has 22 heavy (non-hydrogen) atoms. The van der Waals surface area contributed by atoms with Crippen LogP contribution in [0, 0.1) is 0 Å². The third-order valence-corrected chi connectivity index (χ3v) is 3.30. The molecule has 1 unspecified atom stereocenters. The van der Waals surface area contributed by atoms with Gasteiger partial charge >= 0.3 is 0 Å². The number of aromatic nitrogens is 1. The predicted molar refractivity (Wildman–Crippen MR) is 81.4 cm³/mol. The number of benzene rings is 1. The first-order chi connectivity index (χ1) is 10.6. The van der Waals surface area contributed by atoms with E-state index in [1.165, 1.54) is 26.4 Å². The molecule has 1 aromatic heterocycles. The van der Waals surface area contributed by atoms with E-state index in [2.05, 4.69) is 10.3 Å². The van der Waals surface area contributed by atoms with Crippen LogP contribution in [0.4, 0.5) is 0 Å². The highest BCUT2D eigenvalue weighted by atomic mass is 16.5. The maximum atomic E-state index is 12.1. The first-order valence-corrected chi connectivity index (χ1v) is 6.68. The van der Waals surface area contributed by atoms with E-state index in [4.69, 9.17) is 10.5 Å². The van der Waals surface area contributed by atoms with Gasteiger partial charge in [-0.2, -0.15) is 0 Å². The Kier molecular flexibility index (Phi) is 4.85. The van der Waals surface area contributed by atoms with E-state index < -0.39 is 17.9 Å². The molecule has 6 nitrogen and oxygen atoms in total. The fourth-order valence-electron chi connectivity index (χ4n) is 2.30. The van der Waals surface area contributed by atoms with Gasteiger partial charge in [0.2, 0.25) is 5.91 Å². The van der Waals surface area contributed by atoms with Gasteiger partial charge in [-0.3, -0.25) is 14.6 Å². The average Bonchev–Trinajstić information content (AvgIpc) is 2.55. The Morgan fingerprint density at radius 1 is 1.23 bits per heavy atom. The number of methoxy groups -OCH3 is 1. The highest BCUT2D eigenvalue weighted by Crippen LogP contribution is 2.30. The number of hydrogen-bond acceptors (Lipinski definition) is 4. The number of ether oxygens (including phenoxy) is 1. The van der Waals surface area contributed by atoms with E-state index in [-0.39, 0.29) is 11.3 Å². The molecule has 0 bridgehead atoms. The van der Waals surface area contributed by atoms with Crippen LogP contribution in [-0.4, -0.2) is 31.0 Å². The Bertz CT molecular complexity index is 686. The SMILES string of the molecule is CNC(=O)c1nccc(C(N)=O)c1C(OC)c1ccccc1. The molecule has 0 spiro atoms. The largest absolute Gasteiger partial charge is 0.372 e. The first-order valence-electron chi connectivity index (χ1n) is 6.68. The van der Waals surface area contributed by atoms with Gasteiger partial charge in [0.15, 0.2) is 0 Å². The number of carbonyl (C=O) groups is 2. The number of pyridine rings is 1. The summed E-state index contributed by atoms with van der Waals surface area (Å²) in [6.45, 7) is 0. The Hall–Kier alpha value is -2.73. The molecule has 1 aromatic carbocycles. The lowest BCUT2D eigenvalue weighted by Crippen LogP contribution is -2.26. The quantitative estimate of drug-likeness (QED) is 0.869. The minimum absolute atomic E-state index is 0.120. The zero-order chi connectivity index (χ0) is 16.1. The number of nitrogens with two attached hydrogens (primary N) is 1. The highest BCUT2D eigenvalue weighted by Gasteiger charge is 2.26. The van der Waals surface area contributed by atoms with Crippen molar-refractivity contribution in [1.29, 1.82) is 0 Å². The molecule has 0 saturated heterocycles. The molecule has 6 heteroatoms. The summed E-state index contributed by atoms with van der Waals surface area (Å²) < 4.78 is 5.52. The third-order valence-electron chi connectivity index (χ3n) is 3.30. The molecule has 2 aromatic rings. The van der Waals surface area contributed by atoms with Crippen molar-refractivity contribution in [3.8, 4) is 0 Å². The molecule has 0 radical (unpaired) electrons. The lowest BCUT2D eigenvalue weighted by molar-refractivity contribution is 0.0942. The van der Waals surface area contributed by atoms with Gasteiger partial charge in [0.25, 0.3) is 5.91 Å². The monoisotopic (exact) mass is 299 g/mol. The van der Waals surface area contributed by atoms with Gasteiger partial charge in [-0.15, -0.1) is 0 Å². The Balaban J connectivity index is 2.69. The highest BCUT2D eigenvalue weighted by molar-refractivity contribution is 6.00. The molecule has 1 heterocycles. The van der Waals surface area contributed by atoms with E-state index >= 15 is 0 Å². The molecule has 2 amide bonds. The van der Waals surface area contributed by atoms with Crippen molar-refractivity contribution in [3.63, 3.8) is 0 Å². The molecular formula is C16H17N3O3. The van der Waals surface area contributed by atoms with Crippen LogP contribution in [0.5, 0.6) is 0 Å². The lowest BCUT2D eigenvalue weighted by Gasteiger charge is -2.20. The second-order valence-corrected chi connectivity index (χ2v) is 4.59. The zero-order valence-corrected chi connectivity index (χ0v) is 12.4. The minimum Gasteiger partial charge on any atom is -0.372 e. The lowest BCUT2D eigenvalue weighted by atomic mass is 9.94. The van der Waals surface area contributed by atoms with Gasteiger partial charge in [0, 0.05) is 31.5 Å². The molecule has 114 valence electrons. The van der Waals surface area contributed by atoms with E-state index in [0.717, 1.165) is 5.56 Å². The summed E-state index contributed by atoms with van der Waals surface area (Å²) in [5, 5.41) is 2.51. The van der Waals surface area contributed by atoms with E-state index in [9.17, 15) is 9.59 Å². The maximum Gasteiger partial charge on any atom is 0.270 e. The summed E-state index contributed by atoms with van der Waals surface area (Å²) in [7, 11) is 3.00. The van der Waals surface area contributed by atoms with Crippen molar-refractivity contribution < 1.29 is 14.3 Å². The van der Waals surface area contributed by atoms with Gasteiger partial charge in [-0.1, -0.05) is 30.3 Å². The number of nitrogens with one attached hydrogen (secondary N) is 1. The van der Waals surface area contributed by atoms with Crippen LogP contribution in [0.25, 0.3) is 0 Å². The topological polar surface area (TPSA) is 94.3 Å². The second-order valence-electron chi connectivity index (χ2n) is 4.59. The smallest absolute Gasteiger partial charge is 0.270 e. The van der Waals surface area contributed by atoms with Gasteiger partial charge in [0.05, 0.1) is 0 Å². The van der Waals surface area contributed by atoms with Crippen molar-refractivity contribution in [2.24, 2.45) is 5.73 Å². The zero-order valence-electron chi connectivity index (χ0n) is 12.4. The number of hydrogen-bond donors (Lipinski definition) is 2. The van der Waals surface area contributed by atoms with Crippen LogP contribution in [0.2, 0.25) is 0 Å². The van der Waals surface area contributed by atoms with Crippen molar-refractivity contribution >= 4 is 11.8 Å². The fourth-order valence-corrected chi connectivity index (χ4v) is 2.30. The molecule has 0 aliphatic heterocycles. The van der Waals surface area contributed by atoms with E-state index in [1.54, 1.807) is 0 Å². The Morgan fingerprint density at radius 2 is 1.91 bits per heavy atom. The molecule has 1 atom stereocenters. The minimum atomic E-state index is -0.638. The van der Waals surface area contributed by atoms with Crippen molar-refractivity contribution in [2.45, 2.75) is 6.10 Å². The Morgan fingerprint density at radius 3 is 2.45 bits per heavy atom. The molecule has 0 fully saturated rings. The van der Waals surface area contributed by atoms with Crippen molar-refractivity contribution in [3.05, 3.63) is 65.0 Å². The fraction of sp³-hybridized carbons (Fsp3) is 0.188. The summed E-state index contributed by atoms with van der Waals surface area (Å²) in [6, 6.07) is 10.7. The van der Waals surface area contributed by atoms with Crippen molar-refractivity contribution in [1.82, 2.24) is 10.3 Å². The normalized spacial score (nSPS) is 11.7. The molecule has 2 rings (SSSR count). The van der Waals surface area contributed by atoms with Crippen LogP contribution in [0.3, 0.4) is 0 Å². The molecule has 0 aliphatic rings. The molecule has 0 saturated carbocycles. The first kappa shape index (κ1) is 15.7. The standard InChI is InChI=1S/C16H17N3O3/c1-18-16(21)13-12(11(15(17)20)8-9-19-13)14(22-2)10-6-4-3-5-7-10/h3-9,14H,1-2H3,(H2,17,20)(H,18,21). The van der Waals surface area contributed by atoms with Gasteiger partial charge in [-0.05, 0) is 11.6 Å². The van der Waals surface area contributed by atoms with Crippen LogP contribution in [0.15, 0.2) is 42.6 Å². The number of nitrogens with zero attached hydrogens (tertiary/aromatic N) is 1. The summed E-state index contributed by atoms with van der Waals surface area (Å²) >= 11 is 0. The van der Waals surface area contributed by atoms with Gasteiger partial charge in [-0.25, -0.2) is 0 Å². The van der Waals surface area contributed by atoms with E-state index in [1.807, 2.05) is 30.3 Å². The van der Waals surface area contributed by atoms with E-state index in [0.29, 0.717) is 5.56 Å². The Labute approximate surface area is 128 Å². The molecule has 3 N–H and O–H groups in total. The summed E-state index contributed by atoms with van der Waals surface area (Å²) in [4.78, 5) is 27.9. The van der Waals surface area contributed by atoms with Crippen LogP contribution in [0.1, 0.15) is 38.1 Å². The number of rotatable bonds is 5. The van der Waals surface area contributed by atoms with Crippen LogP contribution < -0.4 is 11.1 Å². The average molecular weight is 299 g/mol. The number of primary amides is 1. The predicted octanol–water partition coefficient (Wildman–Crippen LogP) is 1.28. The van der Waals surface area contributed by atoms with Gasteiger partial charge < -0.3 is 15.8 Å². The number of amides is 2. The van der Waals surface area contributed by atoms with Crippen molar-refractivity contribution in [2.75, 3.05) is 14.2 Å². The summed E-state index contributed by atoms with van der Waals surface area (Å²) in [5.41, 5.74) is 6.93. The number of carbonyl (C=O) groups excluding carboxylic acids is 2. The molecular weight excluding hydrogens is 282 g/mol. The second kappa shape index (κ2) is 6.82. The maximum absolute atomic E-state index is 12.1. The summed E-state index contributed by atoms with van der Waals surface area (Å²) in [5.74, 6) is -1.04.